The van der Waals surface area contributed by atoms with Gasteiger partial charge in [0.05, 0.1) is 18.7 Å². The minimum atomic E-state index is -0.567. The zero-order chi connectivity index (χ0) is 12.3. The number of rotatable bonds is 1. The van der Waals surface area contributed by atoms with Crippen LogP contribution >= 0.6 is 11.6 Å². The van der Waals surface area contributed by atoms with Crippen molar-refractivity contribution in [2.75, 3.05) is 19.6 Å². The number of carbonyl (C=O) groups excluding carboxylic acids is 2. The Morgan fingerprint density at radius 1 is 1.44 bits per heavy atom. The summed E-state index contributed by atoms with van der Waals surface area (Å²) in [6, 6.07) is 0. The molecule has 1 fully saturated rings. The molecule has 1 rings (SSSR count). The van der Waals surface area contributed by atoms with Crippen LogP contribution in [0.5, 0.6) is 0 Å². The van der Waals surface area contributed by atoms with Gasteiger partial charge < -0.3 is 4.90 Å². The van der Waals surface area contributed by atoms with E-state index in [0.717, 1.165) is 0 Å². The van der Waals surface area contributed by atoms with Gasteiger partial charge in [0.25, 0.3) is 0 Å². The first-order valence-electron chi connectivity index (χ1n) is 4.98. The maximum Gasteiger partial charge on any atom is 0.316 e. The van der Waals surface area contributed by atoms with E-state index < -0.39 is 11.0 Å². The Kier molecular flexibility index (Phi) is 3.97. The molecule has 1 amide bonds. The molecule has 0 atom stereocenters. The Morgan fingerprint density at radius 2 is 2.06 bits per heavy atom. The Bertz CT molecular complexity index is 331. The highest BCUT2D eigenvalue weighted by atomic mass is 35.5. The van der Waals surface area contributed by atoms with Crippen LogP contribution in [0, 0.1) is 0 Å². The molecule has 1 aliphatic heterocycles. The lowest BCUT2D eigenvalue weighted by Gasteiger charge is -2.37. The van der Waals surface area contributed by atoms with Gasteiger partial charge in [-0.2, -0.15) is 0 Å². The topological polar surface area (TPSA) is 49.9 Å². The standard InChI is InChI=1S/C10H15ClN2O3/c1-10(2,3)16-13-5-4-12(9(11)15)6-8(13)7-14/h4-6H2,1-3H3. The minimum absolute atomic E-state index is 0.141. The number of halogens is 1. The summed E-state index contributed by atoms with van der Waals surface area (Å²) < 4.78 is 0. The lowest BCUT2D eigenvalue weighted by Crippen LogP contribution is -2.48. The molecule has 90 valence electrons. The predicted octanol–water partition coefficient (Wildman–Crippen LogP) is 1.41. The van der Waals surface area contributed by atoms with Crippen LogP contribution in [0.2, 0.25) is 0 Å². The van der Waals surface area contributed by atoms with E-state index in [1.165, 1.54) is 9.96 Å². The first-order valence-corrected chi connectivity index (χ1v) is 5.36. The third kappa shape index (κ3) is 3.52. The molecule has 1 aliphatic rings. The summed E-state index contributed by atoms with van der Waals surface area (Å²) in [6.07, 6.45) is 0. The van der Waals surface area contributed by atoms with E-state index in [-0.39, 0.29) is 12.2 Å². The third-order valence-corrected chi connectivity index (χ3v) is 2.20. The van der Waals surface area contributed by atoms with Crippen molar-refractivity contribution in [1.29, 1.82) is 0 Å². The average Bonchev–Trinajstić information content (AvgIpc) is 2.15. The number of amides is 1. The van der Waals surface area contributed by atoms with Crippen LogP contribution in [0.15, 0.2) is 5.70 Å². The monoisotopic (exact) mass is 246 g/mol. The second kappa shape index (κ2) is 4.87. The van der Waals surface area contributed by atoms with E-state index >= 15 is 0 Å². The third-order valence-electron chi connectivity index (χ3n) is 1.97. The lowest BCUT2D eigenvalue weighted by molar-refractivity contribution is -0.214. The van der Waals surface area contributed by atoms with E-state index in [4.69, 9.17) is 16.4 Å². The van der Waals surface area contributed by atoms with Crippen molar-refractivity contribution in [2.24, 2.45) is 0 Å². The van der Waals surface area contributed by atoms with Crippen molar-refractivity contribution in [3.63, 3.8) is 0 Å². The smallest absolute Gasteiger partial charge is 0.316 e. The fraction of sp³-hybridized carbons (Fsp3) is 0.700. The molecule has 6 heteroatoms. The minimum Gasteiger partial charge on any atom is -0.321 e. The predicted molar refractivity (Wildman–Crippen MR) is 59.6 cm³/mol. The van der Waals surface area contributed by atoms with Crippen molar-refractivity contribution in [1.82, 2.24) is 9.96 Å². The Labute approximate surface area is 99.5 Å². The SMILES string of the molecule is CC(C)(C)ON1CCN(C(=O)Cl)CC1=C=O. The van der Waals surface area contributed by atoms with Crippen LogP contribution < -0.4 is 0 Å². The fourth-order valence-corrected chi connectivity index (χ4v) is 1.49. The maximum atomic E-state index is 10.9. The second-order valence-corrected chi connectivity index (χ2v) is 4.85. The van der Waals surface area contributed by atoms with E-state index in [2.05, 4.69) is 0 Å². The van der Waals surface area contributed by atoms with Crippen molar-refractivity contribution < 1.29 is 14.4 Å². The van der Waals surface area contributed by atoms with Gasteiger partial charge >= 0.3 is 5.37 Å². The summed E-state index contributed by atoms with van der Waals surface area (Å²) in [5, 5.41) is 0.909. The Balaban J connectivity index is 2.71. The van der Waals surface area contributed by atoms with Gasteiger partial charge in [0.1, 0.15) is 11.6 Å². The molecule has 0 bridgehead atoms. The van der Waals surface area contributed by atoms with Crippen LogP contribution in [-0.2, 0) is 9.63 Å². The van der Waals surface area contributed by atoms with Crippen LogP contribution in [0.4, 0.5) is 4.79 Å². The summed E-state index contributed by atoms with van der Waals surface area (Å²) in [7, 11) is 0. The van der Waals surface area contributed by atoms with Gasteiger partial charge in [0.2, 0.25) is 0 Å². The van der Waals surface area contributed by atoms with Gasteiger partial charge in [0, 0.05) is 6.54 Å². The highest BCUT2D eigenvalue weighted by molar-refractivity contribution is 6.62. The summed E-state index contributed by atoms with van der Waals surface area (Å²) in [5.74, 6) is 1.78. The van der Waals surface area contributed by atoms with Gasteiger partial charge in [0.15, 0.2) is 0 Å². The number of nitrogens with zero attached hydrogens (tertiary/aromatic N) is 2. The van der Waals surface area contributed by atoms with Crippen molar-refractivity contribution in [3.8, 4) is 0 Å². The number of hydrogen-bond acceptors (Lipinski definition) is 4. The van der Waals surface area contributed by atoms with E-state index in [1.54, 1.807) is 5.94 Å². The Morgan fingerprint density at radius 3 is 2.50 bits per heavy atom. The molecule has 0 radical (unpaired) electrons. The van der Waals surface area contributed by atoms with Gasteiger partial charge in [-0.1, -0.05) is 0 Å². The molecule has 0 aromatic heterocycles. The molecule has 0 aliphatic carbocycles. The molecular formula is C10H15ClN2O3. The summed E-state index contributed by atoms with van der Waals surface area (Å²) in [6.45, 7) is 6.64. The molecule has 16 heavy (non-hydrogen) atoms. The van der Waals surface area contributed by atoms with Crippen molar-refractivity contribution in [3.05, 3.63) is 5.70 Å². The number of hydroxylamine groups is 2. The Hall–Kier alpha value is -1.03. The first kappa shape index (κ1) is 13.0. The number of piperazine rings is 1. The quantitative estimate of drug-likeness (QED) is 0.399. The van der Waals surface area contributed by atoms with Crippen molar-refractivity contribution >= 4 is 22.9 Å². The molecule has 0 aromatic rings. The lowest BCUT2D eigenvalue weighted by atomic mass is 10.2. The first-order chi connectivity index (χ1) is 7.33. The van der Waals surface area contributed by atoms with E-state index in [0.29, 0.717) is 13.1 Å². The second-order valence-electron chi connectivity index (χ2n) is 4.53. The highest BCUT2D eigenvalue weighted by Crippen LogP contribution is 2.18. The summed E-state index contributed by atoms with van der Waals surface area (Å²) in [4.78, 5) is 28.6. The molecule has 0 spiro atoms. The van der Waals surface area contributed by atoms with Crippen LogP contribution in [0.1, 0.15) is 20.8 Å². The molecule has 5 nitrogen and oxygen atoms in total. The van der Waals surface area contributed by atoms with Gasteiger partial charge in [-0.25, -0.2) is 9.86 Å². The zero-order valence-corrected chi connectivity index (χ0v) is 10.4. The number of hydrogen-bond donors (Lipinski definition) is 0. The molecule has 0 saturated carbocycles. The van der Waals surface area contributed by atoms with Crippen LogP contribution in [-0.4, -0.2) is 46.5 Å². The van der Waals surface area contributed by atoms with Crippen LogP contribution in [0.3, 0.4) is 0 Å². The molecule has 0 aromatic carbocycles. The van der Waals surface area contributed by atoms with E-state index in [9.17, 15) is 9.59 Å². The average molecular weight is 247 g/mol. The normalized spacial score (nSPS) is 17.4. The van der Waals surface area contributed by atoms with Gasteiger partial charge in [-0.3, -0.25) is 9.63 Å². The fourth-order valence-electron chi connectivity index (χ4n) is 1.35. The van der Waals surface area contributed by atoms with Crippen LogP contribution in [0.25, 0.3) is 0 Å². The summed E-state index contributed by atoms with van der Waals surface area (Å²) >= 11 is 5.34. The van der Waals surface area contributed by atoms with Gasteiger partial charge in [-0.15, -0.1) is 0 Å². The molecule has 1 saturated heterocycles. The molecule has 0 N–H and O–H groups in total. The molecular weight excluding hydrogens is 232 g/mol. The number of carbonyl (C=O) groups is 1. The highest BCUT2D eigenvalue weighted by Gasteiger charge is 2.28. The van der Waals surface area contributed by atoms with Gasteiger partial charge in [-0.05, 0) is 32.4 Å². The molecule has 1 heterocycles. The summed E-state index contributed by atoms with van der Waals surface area (Å²) in [5.41, 5.74) is -0.106. The van der Waals surface area contributed by atoms with E-state index in [1.807, 2.05) is 20.8 Å². The zero-order valence-electron chi connectivity index (χ0n) is 9.62. The molecule has 0 unspecified atom stereocenters. The maximum absolute atomic E-state index is 10.9. The van der Waals surface area contributed by atoms with Crippen molar-refractivity contribution in [2.45, 2.75) is 26.4 Å². The largest absolute Gasteiger partial charge is 0.321 e.